The van der Waals surface area contributed by atoms with Crippen molar-refractivity contribution in [1.82, 2.24) is 15.0 Å². The predicted molar refractivity (Wildman–Crippen MR) is 117 cm³/mol. The third-order valence-corrected chi connectivity index (χ3v) is 5.39. The summed E-state index contributed by atoms with van der Waals surface area (Å²) < 4.78 is 5.99. The Hall–Kier alpha value is -3.19. The van der Waals surface area contributed by atoms with Crippen molar-refractivity contribution in [3.63, 3.8) is 0 Å². The Morgan fingerprint density at radius 1 is 1.13 bits per heavy atom. The van der Waals surface area contributed by atoms with Crippen LogP contribution in [-0.2, 0) is 0 Å². The highest BCUT2D eigenvalue weighted by atomic mass is 35.5. The lowest BCUT2D eigenvalue weighted by molar-refractivity contribution is 0.102. The number of aromatic nitrogens is 3. The molecule has 7 nitrogen and oxygen atoms in total. The van der Waals surface area contributed by atoms with Crippen molar-refractivity contribution < 1.29 is 9.53 Å². The molecule has 3 heterocycles. The van der Waals surface area contributed by atoms with Gasteiger partial charge in [0.25, 0.3) is 5.91 Å². The minimum Gasteiger partial charge on any atom is -0.437 e. The molecular formula is C22H22ClN5O2. The van der Waals surface area contributed by atoms with Crippen molar-refractivity contribution in [2.75, 3.05) is 23.3 Å². The van der Waals surface area contributed by atoms with Crippen LogP contribution in [0.3, 0.4) is 0 Å². The summed E-state index contributed by atoms with van der Waals surface area (Å²) in [5.41, 5.74) is 2.67. The van der Waals surface area contributed by atoms with E-state index in [0.29, 0.717) is 23.3 Å². The third kappa shape index (κ3) is 4.21. The molecule has 154 valence electrons. The molecule has 1 saturated heterocycles. The molecule has 1 amide bonds. The maximum atomic E-state index is 12.9. The number of carbonyl (C=O) groups is 1. The molecule has 1 aliphatic rings. The molecule has 0 spiro atoms. The number of amides is 1. The van der Waals surface area contributed by atoms with Crippen LogP contribution in [0.1, 0.15) is 34.5 Å². The lowest BCUT2D eigenvalue weighted by Crippen LogP contribution is -2.23. The van der Waals surface area contributed by atoms with Crippen LogP contribution in [0.2, 0.25) is 5.02 Å². The Kier molecular flexibility index (Phi) is 5.81. The Balaban J connectivity index is 1.58. The molecule has 2 aromatic heterocycles. The Labute approximate surface area is 180 Å². The number of nitrogens with one attached hydrogen (secondary N) is 1. The number of ether oxygens (including phenoxy) is 1. The zero-order valence-corrected chi connectivity index (χ0v) is 17.6. The van der Waals surface area contributed by atoms with Gasteiger partial charge in [-0.2, -0.15) is 0 Å². The van der Waals surface area contributed by atoms with Gasteiger partial charge in [0.05, 0.1) is 11.2 Å². The number of nitrogens with zero attached hydrogens (tertiary/aromatic N) is 4. The van der Waals surface area contributed by atoms with Gasteiger partial charge >= 0.3 is 0 Å². The van der Waals surface area contributed by atoms with Crippen molar-refractivity contribution in [3.05, 3.63) is 64.6 Å². The summed E-state index contributed by atoms with van der Waals surface area (Å²) in [6, 6.07) is 9.24. The molecule has 1 aliphatic heterocycles. The average Bonchev–Trinajstić information content (AvgIpc) is 3.28. The van der Waals surface area contributed by atoms with Gasteiger partial charge in [-0.25, -0.2) is 15.0 Å². The number of hydrogen-bond acceptors (Lipinski definition) is 6. The normalized spacial score (nSPS) is 13.4. The van der Waals surface area contributed by atoms with Crippen molar-refractivity contribution >= 4 is 29.1 Å². The number of anilines is 2. The summed E-state index contributed by atoms with van der Waals surface area (Å²) in [6.07, 6.45) is 5.25. The molecule has 1 aromatic carbocycles. The topological polar surface area (TPSA) is 80.2 Å². The summed E-state index contributed by atoms with van der Waals surface area (Å²) in [5, 5.41) is 3.01. The Bertz CT molecular complexity index is 1080. The monoisotopic (exact) mass is 423 g/mol. The summed E-state index contributed by atoms with van der Waals surface area (Å²) in [5.74, 6) is 1.05. The Morgan fingerprint density at radius 3 is 2.73 bits per heavy atom. The van der Waals surface area contributed by atoms with Crippen LogP contribution in [-0.4, -0.2) is 33.9 Å². The molecule has 0 radical (unpaired) electrons. The number of pyridine rings is 1. The summed E-state index contributed by atoms with van der Waals surface area (Å²) >= 11 is 6.22. The third-order valence-electron chi connectivity index (χ3n) is 5.12. The SMILES string of the molecule is Cc1cccc(Oc2ncccc2NC(=O)c2nc(N3CCCC3)ncc2Cl)c1C. The predicted octanol–water partition coefficient (Wildman–Crippen LogP) is 4.79. The van der Waals surface area contributed by atoms with E-state index in [1.165, 1.54) is 6.20 Å². The van der Waals surface area contributed by atoms with Gasteiger partial charge in [-0.1, -0.05) is 23.7 Å². The van der Waals surface area contributed by atoms with Gasteiger partial charge in [-0.15, -0.1) is 0 Å². The molecule has 3 aromatic rings. The zero-order chi connectivity index (χ0) is 21.1. The van der Waals surface area contributed by atoms with E-state index in [9.17, 15) is 4.79 Å². The number of halogens is 1. The minimum atomic E-state index is -0.443. The van der Waals surface area contributed by atoms with E-state index in [2.05, 4.69) is 20.3 Å². The van der Waals surface area contributed by atoms with Gasteiger partial charge < -0.3 is 15.0 Å². The number of rotatable bonds is 5. The lowest BCUT2D eigenvalue weighted by atomic mass is 10.1. The van der Waals surface area contributed by atoms with E-state index in [1.54, 1.807) is 18.3 Å². The highest BCUT2D eigenvalue weighted by molar-refractivity contribution is 6.34. The fourth-order valence-electron chi connectivity index (χ4n) is 3.27. The number of benzene rings is 1. The van der Waals surface area contributed by atoms with Crippen LogP contribution in [0.25, 0.3) is 0 Å². The van der Waals surface area contributed by atoms with Crippen molar-refractivity contribution in [2.24, 2.45) is 0 Å². The maximum absolute atomic E-state index is 12.9. The first-order valence-corrected chi connectivity index (χ1v) is 10.2. The molecule has 4 rings (SSSR count). The standard InChI is InChI=1S/C22H22ClN5O2/c1-14-7-5-9-18(15(14)2)30-21-17(8-6-10-24-21)26-20(29)19-16(23)13-25-22(27-19)28-11-3-4-12-28/h5-10,13H,3-4,11-12H2,1-2H3,(H,26,29). The van der Waals surface area contributed by atoms with Crippen molar-refractivity contribution in [2.45, 2.75) is 26.7 Å². The summed E-state index contributed by atoms with van der Waals surface area (Å²) in [4.78, 5) is 27.9. The van der Waals surface area contributed by atoms with Crippen molar-refractivity contribution in [1.29, 1.82) is 0 Å². The minimum absolute atomic E-state index is 0.120. The largest absolute Gasteiger partial charge is 0.437 e. The fraction of sp³-hybridized carbons (Fsp3) is 0.273. The van der Waals surface area contributed by atoms with E-state index >= 15 is 0 Å². The Morgan fingerprint density at radius 2 is 1.93 bits per heavy atom. The highest BCUT2D eigenvalue weighted by Crippen LogP contribution is 2.31. The molecule has 8 heteroatoms. The van der Waals surface area contributed by atoms with Gasteiger partial charge in [-0.05, 0) is 56.0 Å². The van der Waals surface area contributed by atoms with E-state index in [4.69, 9.17) is 16.3 Å². The first-order chi connectivity index (χ1) is 14.5. The van der Waals surface area contributed by atoms with Crippen LogP contribution in [0.15, 0.2) is 42.7 Å². The lowest BCUT2D eigenvalue weighted by Gasteiger charge is -2.16. The second kappa shape index (κ2) is 8.67. The summed E-state index contributed by atoms with van der Waals surface area (Å²) in [6.45, 7) is 5.74. The molecule has 0 atom stereocenters. The van der Waals surface area contributed by atoms with Gasteiger partial charge in [0.15, 0.2) is 5.69 Å². The first kappa shape index (κ1) is 20.1. The fourth-order valence-corrected chi connectivity index (χ4v) is 3.45. The van der Waals surface area contributed by atoms with Crippen LogP contribution in [0, 0.1) is 13.8 Å². The second-order valence-corrected chi connectivity index (χ2v) is 7.58. The van der Waals surface area contributed by atoms with E-state index in [1.807, 2.05) is 36.9 Å². The average molecular weight is 424 g/mol. The summed E-state index contributed by atoms with van der Waals surface area (Å²) in [7, 11) is 0. The van der Waals surface area contributed by atoms with Crippen molar-refractivity contribution in [3.8, 4) is 11.6 Å². The van der Waals surface area contributed by atoms with Crippen LogP contribution in [0.4, 0.5) is 11.6 Å². The number of aryl methyl sites for hydroxylation is 1. The van der Waals surface area contributed by atoms with Gasteiger partial charge in [0, 0.05) is 19.3 Å². The quantitative estimate of drug-likeness (QED) is 0.635. The number of carbonyl (C=O) groups excluding carboxylic acids is 1. The second-order valence-electron chi connectivity index (χ2n) is 7.17. The zero-order valence-electron chi connectivity index (χ0n) is 16.9. The molecule has 1 fully saturated rings. The van der Waals surface area contributed by atoms with Gasteiger partial charge in [0.2, 0.25) is 11.8 Å². The molecular weight excluding hydrogens is 402 g/mol. The molecule has 0 saturated carbocycles. The van der Waals surface area contributed by atoms with E-state index in [0.717, 1.165) is 37.1 Å². The highest BCUT2D eigenvalue weighted by Gasteiger charge is 2.21. The molecule has 0 aliphatic carbocycles. The van der Waals surface area contributed by atoms with E-state index < -0.39 is 5.91 Å². The van der Waals surface area contributed by atoms with Crippen LogP contribution in [0.5, 0.6) is 11.6 Å². The van der Waals surface area contributed by atoms with Gasteiger partial charge in [0.1, 0.15) is 11.4 Å². The molecule has 0 bridgehead atoms. The smallest absolute Gasteiger partial charge is 0.276 e. The van der Waals surface area contributed by atoms with Crippen LogP contribution >= 0.6 is 11.6 Å². The first-order valence-electron chi connectivity index (χ1n) is 9.81. The number of hydrogen-bond donors (Lipinski definition) is 1. The van der Waals surface area contributed by atoms with Crippen LogP contribution < -0.4 is 15.0 Å². The molecule has 0 unspecified atom stereocenters. The maximum Gasteiger partial charge on any atom is 0.276 e. The molecule has 30 heavy (non-hydrogen) atoms. The molecule has 1 N–H and O–H groups in total. The van der Waals surface area contributed by atoms with Gasteiger partial charge in [-0.3, -0.25) is 4.79 Å². The van der Waals surface area contributed by atoms with E-state index in [-0.39, 0.29) is 10.7 Å².